The third kappa shape index (κ3) is 3.28. The molecule has 0 saturated heterocycles. The summed E-state index contributed by atoms with van der Waals surface area (Å²) in [5.41, 5.74) is 1.44. The Labute approximate surface area is 143 Å². The van der Waals surface area contributed by atoms with Crippen LogP contribution in [0.25, 0.3) is 21.9 Å². The van der Waals surface area contributed by atoms with Crippen molar-refractivity contribution in [3.05, 3.63) is 57.2 Å². The Bertz CT molecular complexity index is 877. The van der Waals surface area contributed by atoms with Gasteiger partial charge in [-0.1, -0.05) is 23.7 Å². The second-order valence-corrected chi connectivity index (χ2v) is 7.11. The van der Waals surface area contributed by atoms with E-state index in [0.717, 1.165) is 14.2 Å². The zero-order chi connectivity index (χ0) is 15.5. The molecule has 1 aromatic carbocycles. The Morgan fingerprint density at radius 2 is 2.00 bits per heavy atom. The topological polar surface area (TPSA) is 62.7 Å². The van der Waals surface area contributed by atoms with Gasteiger partial charge >= 0.3 is 0 Å². The number of rotatable bonds is 3. The second kappa shape index (κ2) is 6.44. The van der Waals surface area contributed by atoms with Gasteiger partial charge in [-0.3, -0.25) is 0 Å². The van der Waals surface area contributed by atoms with Crippen LogP contribution in [-0.2, 0) is 0 Å². The fraction of sp³-hybridized carbons (Fsp3) is 0. The van der Waals surface area contributed by atoms with Gasteiger partial charge < -0.3 is 4.42 Å². The van der Waals surface area contributed by atoms with Gasteiger partial charge in [-0.25, -0.2) is 0 Å². The maximum absolute atomic E-state index is 8.77. The molecule has 2 aromatic heterocycles. The first kappa shape index (κ1) is 15.0. The average molecular weight is 393 g/mol. The SMILES string of the molecule is N#Cc1ccc(/C=C(\Cl)c2nnc(-c3ccc(Br)s3)o2)cc1. The molecule has 2 heterocycles. The van der Waals surface area contributed by atoms with Gasteiger partial charge in [-0.05, 0) is 51.8 Å². The van der Waals surface area contributed by atoms with Crippen molar-refractivity contribution in [3.63, 3.8) is 0 Å². The zero-order valence-electron chi connectivity index (χ0n) is 11.0. The lowest BCUT2D eigenvalue weighted by Crippen LogP contribution is -1.79. The van der Waals surface area contributed by atoms with Gasteiger partial charge in [-0.15, -0.1) is 21.5 Å². The van der Waals surface area contributed by atoms with Crippen LogP contribution in [0, 0.1) is 11.3 Å². The number of benzene rings is 1. The molecule has 4 nitrogen and oxygen atoms in total. The van der Waals surface area contributed by atoms with E-state index in [-0.39, 0.29) is 5.89 Å². The molecule has 0 fully saturated rings. The van der Waals surface area contributed by atoms with Crippen LogP contribution in [0.4, 0.5) is 0 Å². The number of nitrogens with zero attached hydrogens (tertiary/aromatic N) is 3. The van der Waals surface area contributed by atoms with Crippen molar-refractivity contribution in [2.24, 2.45) is 0 Å². The highest BCUT2D eigenvalue weighted by Crippen LogP contribution is 2.32. The smallest absolute Gasteiger partial charge is 0.259 e. The van der Waals surface area contributed by atoms with Crippen LogP contribution in [0.5, 0.6) is 0 Å². The fourth-order valence-corrected chi connectivity index (χ4v) is 3.22. The highest BCUT2D eigenvalue weighted by atomic mass is 79.9. The summed E-state index contributed by atoms with van der Waals surface area (Å²) in [6.07, 6.45) is 1.71. The predicted molar refractivity (Wildman–Crippen MR) is 90.2 cm³/mol. The molecule has 22 heavy (non-hydrogen) atoms. The molecule has 0 saturated carbocycles. The minimum Gasteiger partial charge on any atom is -0.414 e. The highest BCUT2D eigenvalue weighted by Gasteiger charge is 2.13. The summed E-state index contributed by atoms with van der Waals surface area (Å²) in [7, 11) is 0. The van der Waals surface area contributed by atoms with Gasteiger partial charge in [0.1, 0.15) is 5.03 Å². The molecule has 0 atom stereocenters. The summed E-state index contributed by atoms with van der Waals surface area (Å²) in [4.78, 5) is 0.869. The van der Waals surface area contributed by atoms with Crippen LogP contribution in [0.2, 0.25) is 0 Å². The third-order valence-corrected chi connectivity index (χ3v) is 4.63. The van der Waals surface area contributed by atoms with Gasteiger partial charge in [0.25, 0.3) is 11.8 Å². The molecule has 0 aliphatic heterocycles. The summed E-state index contributed by atoms with van der Waals surface area (Å²) >= 11 is 11.1. The number of hydrogen-bond acceptors (Lipinski definition) is 5. The number of halogens is 2. The summed E-state index contributed by atoms with van der Waals surface area (Å²) in [5.74, 6) is 0.683. The molecule has 0 spiro atoms. The van der Waals surface area contributed by atoms with Crippen molar-refractivity contribution in [2.75, 3.05) is 0 Å². The molecule has 7 heteroatoms. The van der Waals surface area contributed by atoms with Gasteiger partial charge in [0.05, 0.1) is 20.3 Å². The summed E-state index contributed by atoms with van der Waals surface area (Å²) in [6, 6.07) is 12.9. The maximum atomic E-state index is 8.77. The van der Waals surface area contributed by atoms with E-state index in [9.17, 15) is 0 Å². The molecule has 0 unspecified atom stereocenters. The maximum Gasteiger partial charge on any atom is 0.259 e. The molecule has 0 N–H and O–H groups in total. The number of thiophene rings is 1. The monoisotopic (exact) mass is 391 g/mol. The first-order chi connectivity index (χ1) is 10.7. The van der Waals surface area contributed by atoms with E-state index in [4.69, 9.17) is 21.3 Å². The van der Waals surface area contributed by atoms with E-state index >= 15 is 0 Å². The van der Waals surface area contributed by atoms with Gasteiger partial charge in [0.2, 0.25) is 0 Å². The zero-order valence-corrected chi connectivity index (χ0v) is 14.1. The molecular formula is C15H7BrClN3OS. The molecule has 3 rings (SSSR count). The van der Waals surface area contributed by atoms with Crippen LogP contribution < -0.4 is 0 Å². The third-order valence-electron chi connectivity index (χ3n) is 2.75. The van der Waals surface area contributed by atoms with E-state index < -0.39 is 0 Å². The Balaban J connectivity index is 1.85. The lowest BCUT2D eigenvalue weighted by Gasteiger charge is -1.95. The first-order valence-electron chi connectivity index (χ1n) is 6.12. The first-order valence-corrected chi connectivity index (χ1v) is 8.11. The Morgan fingerprint density at radius 1 is 1.23 bits per heavy atom. The Kier molecular flexibility index (Phi) is 4.39. The normalized spacial score (nSPS) is 11.4. The van der Waals surface area contributed by atoms with Crippen molar-refractivity contribution in [1.82, 2.24) is 10.2 Å². The van der Waals surface area contributed by atoms with Gasteiger partial charge in [0.15, 0.2) is 0 Å². The van der Waals surface area contributed by atoms with Crippen molar-refractivity contribution in [3.8, 4) is 16.8 Å². The lowest BCUT2D eigenvalue weighted by atomic mass is 10.1. The average Bonchev–Trinajstić information content (AvgIpc) is 3.16. The van der Waals surface area contributed by atoms with Crippen molar-refractivity contribution >= 4 is 50.0 Å². The summed E-state index contributed by atoms with van der Waals surface area (Å²) in [6.45, 7) is 0. The van der Waals surface area contributed by atoms with Crippen LogP contribution in [0.3, 0.4) is 0 Å². The van der Waals surface area contributed by atoms with Gasteiger partial charge in [0, 0.05) is 0 Å². The second-order valence-electron chi connectivity index (χ2n) is 4.24. The summed E-state index contributed by atoms with van der Waals surface area (Å²) < 4.78 is 6.56. The fourth-order valence-electron chi connectivity index (χ4n) is 1.71. The predicted octanol–water partition coefficient (Wildman–Crippen LogP) is 5.17. The highest BCUT2D eigenvalue weighted by molar-refractivity contribution is 9.11. The van der Waals surface area contributed by atoms with E-state index in [0.29, 0.717) is 16.5 Å². The van der Waals surface area contributed by atoms with E-state index in [1.165, 1.54) is 11.3 Å². The van der Waals surface area contributed by atoms with E-state index in [2.05, 4.69) is 32.2 Å². The molecular weight excluding hydrogens is 386 g/mol. The largest absolute Gasteiger partial charge is 0.414 e. The Hall–Kier alpha value is -1.94. The molecule has 0 aliphatic carbocycles. The van der Waals surface area contributed by atoms with Gasteiger partial charge in [-0.2, -0.15) is 5.26 Å². The summed E-state index contributed by atoms with van der Waals surface area (Å²) in [5, 5.41) is 17.1. The molecule has 0 aliphatic rings. The number of aromatic nitrogens is 2. The van der Waals surface area contributed by atoms with E-state index in [1.54, 1.807) is 30.3 Å². The minimum absolute atomic E-state index is 0.255. The van der Waals surface area contributed by atoms with Crippen molar-refractivity contribution in [2.45, 2.75) is 0 Å². The van der Waals surface area contributed by atoms with Crippen molar-refractivity contribution in [1.29, 1.82) is 5.26 Å². The van der Waals surface area contributed by atoms with Crippen LogP contribution in [0.15, 0.2) is 44.6 Å². The standard InChI is InChI=1S/C15H7BrClN3OS/c16-13-6-5-12(22-13)15-20-19-14(21-15)11(17)7-9-1-3-10(8-18)4-2-9/h1-7H/b11-7-. The quantitative estimate of drug-likeness (QED) is 0.617. The molecule has 108 valence electrons. The lowest BCUT2D eigenvalue weighted by molar-refractivity contribution is 0.558. The number of nitriles is 1. The van der Waals surface area contributed by atoms with Crippen LogP contribution >= 0.6 is 38.9 Å². The van der Waals surface area contributed by atoms with Crippen LogP contribution in [-0.4, -0.2) is 10.2 Å². The Morgan fingerprint density at radius 3 is 2.64 bits per heavy atom. The molecule has 0 bridgehead atoms. The molecule has 0 amide bonds. The van der Waals surface area contributed by atoms with E-state index in [1.807, 2.05) is 12.1 Å². The van der Waals surface area contributed by atoms with Crippen LogP contribution in [0.1, 0.15) is 17.0 Å². The molecule has 0 radical (unpaired) electrons. The van der Waals surface area contributed by atoms with Crippen molar-refractivity contribution < 1.29 is 4.42 Å². The molecule has 3 aromatic rings. The minimum atomic E-state index is 0.255. The number of hydrogen-bond donors (Lipinski definition) is 0.